The van der Waals surface area contributed by atoms with Gasteiger partial charge in [-0.1, -0.05) is 34.6 Å². The molecule has 0 saturated carbocycles. The van der Waals surface area contributed by atoms with Gasteiger partial charge in [-0.15, -0.1) is 0 Å². The van der Waals surface area contributed by atoms with E-state index in [0.717, 1.165) is 32.2 Å². The van der Waals surface area contributed by atoms with Gasteiger partial charge < -0.3 is 10.6 Å². The van der Waals surface area contributed by atoms with E-state index in [1.165, 1.54) is 0 Å². The number of carbonyl (C=O) groups is 1. The quantitative estimate of drug-likeness (QED) is 0.689. The first kappa shape index (κ1) is 17.4. The lowest BCUT2D eigenvalue weighted by atomic mass is 10.00. The van der Waals surface area contributed by atoms with Gasteiger partial charge in [-0.3, -0.25) is 4.79 Å². The van der Waals surface area contributed by atoms with Crippen LogP contribution in [0.1, 0.15) is 60.3 Å². The van der Waals surface area contributed by atoms with Gasteiger partial charge >= 0.3 is 0 Å². The summed E-state index contributed by atoms with van der Waals surface area (Å²) in [6.07, 6.45) is 3.92. The highest BCUT2D eigenvalue weighted by molar-refractivity contribution is 5.78. The van der Waals surface area contributed by atoms with Crippen LogP contribution in [0.15, 0.2) is 0 Å². The Morgan fingerprint density at radius 1 is 1.17 bits per heavy atom. The molecule has 0 aromatic rings. The predicted molar refractivity (Wildman–Crippen MR) is 78.4 cm³/mol. The molecule has 0 fully saturated rings. The summed E-state index contributed by atoms with van der Waals surface area (Å²) < 4.78 is 0. The molecule has 0 rings (SSSR count). The van der Waals surface area contributed by atoms with Crippen molar-refractivity contribution >= 4 is 5.91 Å². The van der Waals surface area contributed by atoms with Crippen LogP contribution in [0.25, 0.3) is 0 Å². The second kappa shape index (κ2) is 9.37. The van der Waals surface area contributed by atoms with Gasteiger partial charge in [0.15, 0.2) is 0 Å². The minimum atomic E-state index is 0.105. The number of rotatable bonds is 9. The van der Waals surface area contributed by atoms with Gasteiger partial charge in [-0.25, -0.2) is 0 Å². The molecule has 3 heteroatoms. The number of amides is 1. The van der Waals surface area contributed by atoms with Crippen molar-refractivity contribution in [2.45, 2.75) is 66.3 Å². The molecule has 0 bridgehead atoms. The molecule has 0 saturated heterocycles. The fourth-order valence-electron chi connectivity index (χ4n) is 2.37. The lowest BCUT2D eigenvalue weighted by Gasteiger charge is -2.34. The highest BCUT2D eigenvalue weighted by atomic mass is 16.2. The van der Waals surface area contributed by atoms with Crippen molar-refractivity contribution in [2.24, 2.45) is 17.6 Å². The van der Waals surface area contributed by atoms with Crippen LogP contribution in [0.4, 0.5) is 0 Å². The molecular weight excluding hydrogens is 224 g/mol. The standard InChI is InChI=1S/C15H32N2O/c1-6-14(7-2)17(11-12(3)4)15(18)13(5)9-8-10-16/h12-14H,6-11,16H2,1-5H3. The van der Waals surface area contributed by atoms with Crippen LogP contribution in [0.3, 0.4) is 0 Å². The van der Waals surface area contributed by atoms with E-state index in [2.05, 4.69) is 32.6 Å². The first-order valence-electron chi connectivity index (χ1n) is 7.48. The summed E-state index contributed by atoms with van der Waals surface area (Å²) in [7, 11) is 0. The van der Waals surface area contributed by atoms with Crippen LogP contribution in [0, 0.1) is 11.8 Å². The average molecular weight is 256 g/mol. The van der Waals surface area contributed by atoms with E-state index in [0.29, 0.717) is 24.4 Å². The third-order valence-corrected chi connectivity index (χ3v) is 3.49. The number of nitrogens with zero attached hydrogens (tertiary/aromatic N) is 1. The van der Waals surface area contributed by atoms with Gasteiger partial charge in [0.2, 0.25) is 5.91 Å². The van der Waals surface area contributed by atoms with E-state index >= 15 is 0 Å². The van der Waals surface area contributed by atoms with Gasteiger partial charge in [0.05, 0.1) is 0 Å². The van der Waals surface area contributed by atoms with Crippen LogP contribution in [-0.4, -0.2) is 29.9 Å². The third kappa shape index (κ3) is 5.85. The van der Waals surface area contributed by atoms with Crippen LogP contribution in [0.2, 0.25) is 0 Å². The van der Waals surface area contributed by atoms with Crippen molar-refractivity contribution in [3.05, 3.63) is 0 Å². The van der Waals surface area contributed by atoms with Crippen LogP contribution < -0.4 is 5.73 Å². The Bertz CT molecular complexity index is 225. The van der Waals surface area contributed by atoms with Crippen LogP contribution in [0.5, 0.6) is 0 Å². The van der Waals surface area contributed by atoms with Gasteiger partial charge in [-0.2, -0.15) is 0 Å². The second-order valence-corrected chi connectivity index (χ2v) is 5.69. The molecule has 0 spiro atoms. The smallest absolute Gasteiger partial charge is 0.225 e. The normalized spacial score (nSPS) is 13.1. The maximum atomic E-state index is 12.5. The molecule has 3 nitrogen and oxygen atoms in total. The molecule has 0 aromatic carbocycles. The maximum Gasteiger partial charge on any atom is 0.225 e. The molecule has 0 aliphatic carbocycles. The Hall–Kier alpha value is -0.570. The Labute approximate surface area is 113 Å². The van der Waals surface area contributed by atoms with Crippen LogP contribution >= 0.6 is 0 Å². The molecule has 0 heterocycles. The fourth-order valence-corrected chi connectivity index (χ4v) is 2.37. The molecular formula is C15H32N2O. The first-order chi connectivity index (χ1) is 8.47. The number of hydrogen-bond donors (Lipinski definition) is 1. The summed E-state index contributed by atoms with van der Waals surface area (Å²) in [5.74, 6) is 0.940. The zero-order valence-corrected chi connectivity index (χ0v) is 12.9. The first-order valence-corrected chi connectivity index (χ1v) is 7.48. The van der Waals surface area contributed by atoms with E-state index in [9.17, 15) is 4.79 Å². The predicted octanol–water partition coefficient (Wildman–Crippen LogP) is 3.03. The van der Waals surface area contributed by atoms with Crippen molar-refractivity contribution in [1.29, 1.82) is 0 Å². The molecule has 1 unspecified atom stereocenters. The Kier molecular flexibility index (Phi) is 9.08. The summed E-state index contributed by atoms with van der Waals surface area (Å²) in [4.78, 5) is 14.6. The summed E-state index contributed by atoms with van der Waals surface area (Å²) in [5, 5.41) is 0. The Balaban J connectivity index is 4.66. The lowest BCUT2D eigenvalue weighted by Crippen LogP contribution is -2.44. The molecule has 2 N–H and O–H groups in total. The van der Waals surface area contributed by atoms with E-state index in [4.69, 9.17) is 5.73 Å². The summed E-state index contributed by atoms with van der Waals surface area (Å²) in [6, 6.07) is 0.389. The monoisotopic (exact) mass is 256 g/mol. The average Bonchev–Trinajstić information content (AvgIpc) is 2.34. The fraction of sp³-hybridized carbons (Fsp3) is 0.933. The number of carbonyl (C=O) groups excluding carboxylic acids is 1. The van der Waals surface area contributed by atoms with E-state index in [-0.39, 0.29) is 5.92 Å². The molecule has 0 aromatic heterocycles. The summed E-state index contributed by atoms with van der Waals surface area (Å²) in [5.41, 5.74) is 5.52. The van der Waals surface area contributed by atoms with Gasteiger partial charge in [0, 0.05) is 18.5 Å². The second-order valence-electron chi connectivity index (χ2n) is 5.69. The molecule has 1 amide bonds. The van der Waals surface area contributed by atoms with E-state index < -0.39 is 0 Å². The lowest BCUT2D eigenvalue weighted by molar-refractivity contribution is -0.138. The summed E-state index contributed by atoms with van der Waals surface area (Å²) in [6.45, 7) is 12.3. The Morgan fingerprint density at radius 3 is 2.11 bits per heavy atom. The molecule has 0 radical (unpaired) electrons. The van der Waals surface area contributed by atoms with Gasteiger partial charge in [0.25, 0.3) is 0 Å². The third-order valence-electron chi connectivity index (χ3n) is 3.49. The molecule has 1 atom stereocenters. The highest BCUT2D eigenvalue weighted by Gasteiger charge is 2.25. The zero-order valence-electron chi connectivity index (χ0n) is 12.9. The van der Waals surface area contributed by atoms with E-state index in [1.807, 2.05) is 6.92 Å². The molecule has 108 valence electrons. The molecule has 0 aliphatic rings. The van der Waals surface area contributed by atoms with Crippen molar-refractivity contribution in [3.63, 3.8) is 0 Å². The maximum absolute atomic E-state index is 12.5. The largest absolute Gasteiger partial charge is 0.339 e. The molecule has 18 heavy (non-hydrogen) atoms. The van der Waals surface area contributed by atoms with Crippen LogP contribution in [-0.2, 0) is 4.79 Å². The topological polar surface area (TPSA) is 46.3 Å². The highest BCUT2D eigenvalue weighted by Crippen LogP contribution is 2.17. The summed E-state index contributed by atoms with van der Waals surface area (Å²) >= 11 is 0. The van der Waals surface area contributed by atoms with Crippen molar-refractivity contribution < 1.29 is 4.79 Å². The van der Waals surface area contributed by atoms with E-state index in [1.54, 1.807) is 0 Å². The van der Waals surface area contributed by atoms with Crippen molar-refractivity contribution in [2.75, 3.05) is 13.1 Å². The van der Waals surface area contributed by atoms with Gasteiger partial charge in [0.1, 0.15) is 0 Å². The van der Waals surface area contributed by atoms with Gasteiger partial charge in [-0.05, 0) is 38.1 Å². The van der Waals surface area contributed by atoms with Crippen molar-refractivity contribution in [1.82, 2.24) is 4.90 Å². The van der Waals surface area contributed by atoms with Crippen molar-refractivity contribution in [3.8, 4) is 0 Å². The SMILES string of the molecule is CCC(CC)N(CC(C)C)C(=O)C(C)CCCN. The number of nitrogens with two attached hydrogens (primary N) is 1. The molecule has 0 aliphatic heterocycles. The minimum absolute atomic E-state index is 0.105. The zero-order chi connectivity index (χ0) is 14.1. The minimum Gasteiger partial charge on any atom is -0.339 e. The number of hydrogen-bond acceptors (Lipinski definition) is 2. The Morgan fingerprint density at radius 2 is 1.72 bits per heavy atom.